The second kappa shape index (κ2) is 5.35. The van der Waals surface area contributed by atoms with Crippen molar-refractivity contribution in [3.05, 3.63) is 34.3 Å². The summed E-state index contributed by atoms with van der Waals surface area (Å²) in [6, 6.07) is 6.17. The minimum atomic E-state index is 0.931. The van der Waals surface area contributed by atoms with E-state index in [9.17, 15) is 0 Å². The fourth-order valence-corrected chi connectivity index (χ4v) is 1.99. The maximum Gasteiger partial charge on any atom is 0.0441 e. The number of hydrogen-bond donors (Lipinski definition) is 1. The van der Waals surface area contributed by atoms with Crippen LogP contribution in [0.25, 0.3) is 0 Å². The third-order valence-electron chi connectivity index (χ3n) is 2.40. The Morgan fingerprint density at radius 2 is 2.07 bits per heavy atom. The Bertz CT molecular complexity index is 299. The molecule has 0 saturated carbocycles. The fraction of sp³-hybridized carbons (Fsp3) is 0.455. The van der Waals surface area contributed by atoms with Crippen molar-refractivity contribution in [3.8, 4) is 0 Å². The lowest BCUT2D eigenvalue weighted by molar-refractivity contribution is 0.313. The maximum absolute atomic E-state index is 6.07. The topological polar surface area (TPSA) is 29.3 Å². The summed E-state index contributed by atoms with van der Waals surface area (Å²) in [6.07, 6.45) is 1.09. The van der Waals surface area contributed by atoms with Crippen LogP contribution in [0.3, 0.4) is 0 Å². The fourth-order valence-electron chi connectivity index (χ4n) is 1.70. The molecule has 78 valence electrons. The van der Waals surface area contributed by atoms with Crippen molar-refractivity contribution in [2.45, 2.75) is 13.0 Å². The molecule has 0 radical (unpaired) electrons. The Kier molecular flexibility index (Phi) is 4.39. The highest BCUT2D eigenvalue weighted by molar-refractivity contribution is 6.31. The third-order valence-corrected chi connectivity index (χ3v) is 2.75. The van der Waals surface area contributed by atoms with Gasteiger partial charge in [-0.2, -0.15) is 0 Å². The van der Waals surface area contributed by atoms with E-state index in [-0.39, 0.29) is 0 Å². The third kappa shape index (κ3) is 2.47. The summed E-state index contributed by atoms with van der Waals surface area (Å²) in [6.45, 7) is 2.16. The van der Waals surface area contributed by atoms with Gasteiger partial charge in [-0.1, -0.05) is 23.7 Å². The molecule has 0 aliphatic carbocycles. The van der Waals surface area contributed by atoms with E-state index >= 15 is 0 Å². The van der Waals surface area contributed by atoms with Gasteiger partial charge < -0.3 is 10.6 Å². The standard InChI is InChI=1S/C10H12ClN.CH5N/c1-12-6-5-9-8(7-12)3-2-4-10(9)11;1-2/h2-4H,5-7H2,1H3;2H2,1H3. The predicted molar refractivity (Wildman–Crippen MR) is 61.6 cm³/mol. The maximum atomic E-state index is 6.07. The van der Waals surface area contributed by atoms with E-state index in [1.807, 2.05) is 12.1 Å². The lowest BCUT2D eigenvalue weighted by atomic mass is 10.0. The highest BCUT2D eigenvalue weighted by Gasteiger charge is 2.14. The highest BCUT2D eigenvalue weighted by Crippen LogP contribution is 2.24. The summed E-state index contributed by atoms with van der Waals surface area (Å²) in [4.78, 5) is 2.32. The summed E-state index contributed by atoms with van der Waals surface area (Å²) in [5.74, 6) is 0. The van der Waals surface area contributed by atoms with Gasteiger partial charge in [-0.05, 0) is 37.7 Å². The van der Waals surface area contributed by atoms with Crippen LogP contribution in [0.5, 0.6) is 0 Å². The van der Waals surface area contributed by atoms with Crippen LogP contribution in [-0.2, 0) is 13.0 Å². The Morgan fingerprint density at radius 3 is 2.79 bits per heavy atom. The Balaban J connectivity index is 0.000000461. The normalized spacial score (nSPS) is 15.4. The van der Waals surface area contributed by atoms with Gasteiger partial charge in [-0.15, -0.1) is 0 Å². The minimum absolute atomic E-state index is 0.931. The Morgan fingerprint density at radius 1 is 1.36 bits per heavy atom. The summed E-state index contributed by atoms with van der Waals surface area (Å²) in [5, 5.41) is 0.931. The first kappa shape index (κ1) is 11.5. The lowest BCUT2D eigenvalue weighted by Gasteiger charge is -2.25. The van der Waals surface area contributed by atoms with Crippen molar-refractivity contribution in [2.75, 3.05) is 20.6 Å². The van der Waals surface area contributed by atoms with Gasteiger partial charge in [-0.25, -0.2) is 0 Å². The largest absolute Gasteiger partial charge is 0.333 e. The molecule has 0 bridgehead atoms. The van der Waals surface area contributed by atoms with E-state index in [0.29, 0.717) is 0 Å². The first-order valence-electron chi connectivity index (χ1n) is 4.80. The van der Waals surface area contributed by atoms with E-state index in [4.69, 9.17) is 11.6 Å². The summed E-state index contributed by atoms with van der Waals surface area (Å²) < 4.78 is 0. The minimum Gasteiger partial charge on any atom is -0.333 e. The van der Waals surface area contributed by atoms with E-state index in [0.717, 1.165) is 24.5 Å². The molecule has 0 spiro atoms. The molecule has 0 fully saturated rings. The lowest BCUT2D eigenvalue weighted by Crippen LogP contribution is -2.26. The first-order valence-corrected chi connectivity index (χ1v) is 5.18. The summed E-state index contributed by atoms with van der Waals surface area (Å²) >= 11 is 6.07. The number of benzene rings is 1. The molecule has 1 aromatic rings. The van der Waals surface area contributed by atoms with Gasteiger partial charge in [0.15, 0.2) is 0 Å². The molecule has 14 heavy (non-hydrogen) atoms. The van der Waals surface area contributed by atoms with Gasteiger partial charge in [0, 0.05) is 18.1 Å². The molecule has 1 heterocycles. The molecule has 2 rings (SSSR count). The molecule has 0 aromatic heterocycles. The van der Waals surface area contributed by atoms with Crippen molar-refractivity contribution < 1.29 is 0 Å². The molecule has 1 aliphatic rings. The molecular weight excluding hydrogens is 196 g/mol. The second-order valence-corrected chi connectivity index (χ2v) is 3.77. The molecule has 0 amide bonds. The molecule has 3 heteroatoms. The van der Waals surface area contributed by atoms with Crippen molar-refractivity contribution in [2.24, 2.45) is 5.73 Å². The van der Waals surface area contributed by atoms with Crippen LogP contribution in [0.1, 0.15) is 11.1 Å². The zero-order chi connectivity index (χ0) is 10.6. The zero-order valence-corrected chi connectivity index (χ0v) is 9.51. The molecule has 0 saturated heterocycles. The molecule has 0 unspecified atom stereocenters. The van der Waals surface area contributed by atoms with Crippen LogP contribution in [0.2, 0.25) is 5.02 Å². The van der Waals surface area contributed by atoms with Crippen LogP contribution < -0.4 is 5.73 Å². The number of likely N-dealkylation sites (N-methyl/N-ethyl adjacent to an activating group) is 1. The SMILES string of the molecule is CN.CN1CCc2c(Cl)cccc2C1. The van der Waals surface area contributed by atoms with Crippen molar-refractivity contribution >= 4 is 11.6 Å². The predicted octanol–water partition coefficient (Wildman–Crippen LogP) is 1.90. The van der Waals surface area contributed by atoms with Gasteiger partial charge in [0.25, 0.3) is 0 Å². The molecule has 2 N–H and O–H groups in total. The van der Waals surface area contributed by atoms with Crippen LogP contribution >= 0.6 is 11.6 Å². The van der Waals surface area contributed by atoms with Crippen molar-refractivity contribution in [3.63, 3.8) is 0 Å². The van der Waals surface area contributed by atoms with E-state index in [1.54, 1.807) is 0 Å². The van der Waals surface area contributed by atoms with Gasteiger partial charge in [0.2, 0.25) is 0 Å². The number of nitrogens with zero attached hydrogens (tertiary/aromatic N) is 1. The zero-order valence-electron chi connectivity index (χ0n) is 8.76. The van der Waals surface area contributed by atoms with Crippen LogP contribution in [-0.4, -0.2) is 25.5 Å². The van der Waals surface area contributed by atoms with Gasteiger partial charge in [-0.3, -0.25) is 0 Å². The quantitative estimate of drug-likeness (QED) is 0.712. The first-order chi connectivity index (χ1) is 6.77. The van der Waals surface area contributed by atoms with Gasteiger partial charge >= 0.3 is 0 Å². The number of fused-ring (bicyclic) bond motifs is 1. The number of rotatable bonds is 0. The average Bonchev–Trinajstić information content (AvgIpc) is 2.21. The number of hydrogen-bond acceptors (Lipinski definition) is 2. The smallest absolute Gasteiger partial charge is 0.0441 e. The van der Waals surface area contributed by atoms with Gasteiger partial charge in [0.1, 0.15) is 0 Å². The van der Waals surface area contributed by atoms with Gasteiger partial charge in [0.05, 0.1) is 0 Å². The van der Waals surface area contributed by atoms with Crippen LogP contribution in [0.4, 0.5) is 0 Å². The highest BCUT2D eigenvalue weighted by atomic mass is 35.5. The molecular formula is C11H17ClN2. The van der Waals surface area contributed by atoms with Crippen LogP contribution in [0, 0.1) is 0 Å². The van der Waals surface area contributed by atoms with E-state index in [1.165, 1.54) is 18.2 Å². The molecule has 1 aromatic carbocycles. The molecule has 1 aliphatic heterocycles. The molecule has 0 atom stereocenters. The van der Waals surface area contributed by atoms with Crippen molar-refractivity contribution in [1.29, 1.82) is 0 Å². The summed E-state index contributed by atoms with van der Waals surface area (Å²) in [7, 11) is 3.64. The van der Waals surface area contributed by atoms with E-state index in [2.05, 4.69) is 23.7 Å². The number of halogens is 1. The Labute approximate surface area is 90.7 Å². The summed E-state index contributed by atoms with van der Waals surface area (Å²) in [5.41, 5.74) is 7.23. The second-order valence-electron chi connectivity index (χ2n) is 3.37. The monoisotopic (exact) mass is 212 g/mol. The number of nitrogens with two attached hydrogens (primary N) is 1. The van der Waals surface area contributed by atoms with Crippen LogP contribution in [0.15, 0.2) is 18.2 Å². The molecule has 2 nitrogen and oxygen atoms in total. The van der Waals surface area contributed by atoms with E-state index < -0.39 is 0 Å². The Hall–Kier alpha value is -0.570. The average molecular weight is 213 g/mol. The van der Waals surface area contributed by atoms with Crippen molar-refractivity contribution in [1.82, 2.24) is 4.90 Å².